The molecule has 2 heterocycles. The Morgan fingerprint density at radius 1 is 0.286 bits per heavy atom. The summed E-state index contributed by atoms with van der Waals surface area (Å²) in [6.07, 6.45) is 0. The van der Waals surface area contributed by atoms with Crippen LogP contribution in [0.3, 0.4) is 0 Å². The summed E-state index contributed by atoms with van der Waals surface area (Å²) >= 11 is 0. The molecule has 3 nitrogen and oxygen atoms in total. The van der Waals surface area contributed by atoms with Gasteiger partial charge in [0.15, 0.2) is 5.82 Å². The topological polar surface area (TPSA) is 30.7 Å². The minimum atomic E-state index is -0.233. The summed E-state index contributed by atoms with van der Waals surface area (Å²) in [7, 11) is 0. The SMILES string of the molecule is CC(C)(C)c1cc(-c2ccccc2)cc2c3cc(-c4ccccc4)ccc3n(-c3c(-c4ccccc4)cc(-c4cc(-c5ccc(-c6ccccc6)cc5)nc(-c5ccc(-c6ccccc6)cc5)n4)cc3-c3ccccc3)c12. The lowest BCUT2D eigenvalue weighted by molar-refractivity contribution is 0.594. The second-order valence-electron chi connectivity index (χ2n) is 21.0. The van der Waals surface area contributed by atoms with Crippen LogP contribution in [0, 0.1) is 0 Å². The quantitative estimate of drug-likeness (QED) is 0.137. The molecule has 0 N–H and O–H groups in total. The van der Waals surface area contributed by atoms with E-state index in [1.54, 1.807) is 0 Å². The zero-order valence-electron chi connectivity index (χ0n) is 43.4. The average molecular weight is 986 g/mol. The first kappa shape index (κ1) is 47.0. The third-order valence-corrected chi connectivity index (χ3v) is 14.9. The van der Waals surface area contributed by atoms with Crippen molar-refractivity contribution >= 4 is 21.8 Å². The van der Waals surface area contributed by atoms with Gasteiger partial charge in [-0.1, -0.05) is 257 Å². The Labute approximate surface area is 451 Å². The van der Waals surface area contributed by atoms with Crippen molar-refractivity contribution in [1.82, 2.24) is 14.5 Å². The van der Waals surface area contributed by atoms with Crippen LogP contribution in [0.2, 0.25) is 0 Å². The van der Waals surface area contributed by atoms with Crippen molar-refractivity contribution in [3.63, 3.8) is 0 Å². The average Bonchev–Trinajstić information content (AvgIpc) is 4.09. The molecule has 13 aromatic rings. The van der Waals surface area contributed by atoms with E-state index in [1.165, 1.54) is 55.2 Å². The molecule has 0 radical (unpaired) electrons. The molecule has 13 rings (SSSR count). The van der Waals surface area contributed by atoms with Crippen molar-refractivity contribution in [3.05, 3.63) is 285 Å². The molecule has 2 aromatic heterocycles. The Morgan fingerprint density at radius 2 is 0.649 bits per heavy atom. The van der Waals surface area contributed by atoms with Crippen LogP contribution in [0.5, 0.6) is 0 Å². The van der Waals surface area contributed by atoms with Crippen molar-refractivity contribution in [2.45, 2.75) is 26.2 Å². The highest BCUT2D eigenvalue weighted by Crippen LogP contribution is 2.48. The highest BCUT2D eigenvalue weighted by Gasteiger charge is 2.28. The van der Waals surface area contributed by atoms with Crippen LogP contribution in [-0.2, 0) is 5.41 Å². The van der Waals surface area contributed by atoms with Gasteiger partial charge in [0.2, 0.25) is 0 Å². The van der Waals surface area contributed by atoms with E-state index in [1.807, 2.05) is 0 Å². The van der Waals surface area contributed by atoms with Crippen LogP contribution in [0.4, 0.5) is 0 Å². The molecule has 77 heavy (non-hydrogen) atoms. The van der Waals surface area contributed by atoms with E-state index in [2.05, 4.69) is 304 Å². The van der Waals surface area contributed by atoms with Gasteiger partial charge in [0.05, 0.1) is 28.1 Å². The van der Waals surface area contributed by atoms with Crippen molar-refractivity contribution in [2.75, 3.05) is 0 Å². The van der Waals surface area contributed by atoms with Crippen LogP contribution < -0.4 is 0 Å². The summed E-state index contributed by atoms with van der Waals surface area (Å²) in [6, 6.07) is 101. The Bertz CT molecular complexity index is 4060. The van der Waals surface area contributed by atoms with Gasteiger partial charge < -0.3 is 4.57 Å². The Morgan fingerprint density at radius 3 is 1.12 bits per heavy atom. The molecular formula is C74H55N3. The number of benzene rings is 11. The lowest BCUT2D eigenvalue weighted by Crippen LogP contribution is -2.14. The fourth-order valence-electron chi connectivity index (χ4n) is 11.0. The van der Waals surface area contributed by atoms with Gasteiger partial charge in [-0.2, -0.15) is 0 Å². The fraction of sp³-hybridized carbons (Fsp3) is 0.0541. The molecule has 0 spiro atoms. The minimum Gasteiger partial charge on any atom is -0.308 e. The molecule has 0 fully saturated rings. The van der Waals surface area contributed by atoms with Crippen molar-refractivity contribution < 1.29 is 0 Å². The summed E-state index contributed by atoms with van der Waals surface area (Å²) in [5, 5.41) is 2.42. The van der Waals surface area contributed by atoms with E-state index in [0.717, 1.165) is 72.7 Å². The van der Waals surface area contributed by atoms with Crippen molar-refractivity contribution in [1.29, 1.82) is 0 Å². The van der Waals surface area contributed by atoms with E-state index in [0.29, 0.717) is 5.82 Å². The second-order valence-corrected chi connectivity index (χ2v) is 21.0. The van der Waals surface area contributed by atoms with E-state index < -0.39 is 0 Å². The van der Waals surface area contributed by atoms with Gasteiger partial charge in [0.25, 0.3) is 0 Å². The second kappa shape index (κ2) is 19.9. The number of nitrogens with zero attached hydrogens (tertiary/aromatic N) is 3. The highest BCUT2D eigenvalue weighted by molar-refractivity contribution is 6.14. The van der Waals surface area contributed by atoms with Gasteiger partial charge in [-0.3, -0.25) is 0 Å². The largest absolute Gasteiger partial charge is 0.308 e. The smallest absolute Gasteiger partial charge is 0.160 e. The van der Waals surface area contributed by atoms with Crippen molar-refractivity contribution in [3.8, 4) is 106 Å². The fourth-order valence-corrected chi connectivity index (χ4v) is 11.0. The van der Waals surface area contributed by atoms with Crippen molar-refractivity contribution in [2.24, 2.45) is 0 Å². The standard InChI is InChI=1S/C74H55N3/c1-74(2,3)67-48-61(53-28-16-7-17-29-53)45-66-65-44-60(52-26-14-6-15-27-52)42-43-70(65)77(72(66)67)71-63(56-30-18-8-19-31-56)46-62(47-64(71)57-32-20-9-21-33-57)69-49-68(58-38-34-54(35-39-58)50-22-10-4-11-23-50)75-73(76-69)59-40-36-55(37-41-59)51-24-12-5-13-25-51/h4-49H,1-3H3. The minimum absolute atomic E-state index is 0.233. The van der Waals surface area contributed by atoms with Gasteiger partial charge in [0, 0.05) is 38.6 Å². The Hall–Kier alpha value is -9.70. The van der Waals surface area contributed by atoms with Crippen LogP contribution in [0.25, 0.3) is 128 Å². The molecule has 0 bridgehead atoms. The third kappa shape index (κ3) is 9.13. The monoisotopic (exact) mass is 985 g/mol. The summed E-state index contributed by atoms with van der Waals surface area (Å²) in [5.74, 6) is 0.663. The molecule has 0 aliphatic carbocycles. The number of hydrogen-bond donors (Lipinski definition) is 0. The predicted octanol–water partition coefficient (Wildman–Crippen LogP) is 19.9. The number of fused-ring (bicyclic) bond motifs is 3. The summed E-state index contributed by atoms with van der Waals surface area (Å²) < 4.78 is 2.59. The van der Waals surface area contributed by atoms with Crippen LogP contribution >= 0.6 is 0 Å². The summed E-state index contributed by atoms with van der Waals surface area (Å²) in [6.45, 7) is 7.05. The van der Waals surface area contributed by atoms with Crippen LogP contribution in [0.1, 0.15) is 26.3 Å². The molecule has 0 atom stereocenters. The van der Waals surface area contributed by atoms with Gasteiger partial charge >= 0.3 is 0 Å². The first-order valence-electron chi connectivity index (χ1n) is 26.5. The lowest BCUT2D eigenvalue weighted by atomic mass is 9.83. The zero-order valence-corrected chi connectivity index (χ0v) is 43.4. The highest BCUT2D eigenvalue weighted by atomic mass is 15.0. The molecule has 11 aromatic carbocycles. The van der Waals surface area contributed by atoms with E-state index in [-0.39, 0.29) is 5.41 Å². The molecule has 0 aliphatic heterocycles. The van der Waals surface area contributed by atoms with Crippen LogP contribution in [0.15, 0.2) is 279 Å². The van der Waals surface area contributed by atoms with Gasteiger partial charge in [0.1, 0.15) is 0 Å². The number of rotatable bonds is 10. The van der Waals surface area contributed by atoms with Crippen LogP contribution in [-0.4, -0.2) is 14.5 Å². The van der Waals surface area contributed by atoms with Gasteiger partial charge in [-0.15, -0.1) is 0 Å². The maximum Gasteiger partial charge on any atom is 0.160 e. The van der Waals surface area contributed by atoms with E-state index >= 15 is 0 Å². The van der Waals surface area contributed by atoms with Gasteiger partial charge in [-0.25, -0.2) is 9.97 Å². The molecular weight excluding hydrogens is 931 g/mol. The molecule has 366 valence electrons. The molecule has 0 saturated heterocycles. The van der Waals surface area contributed by atoms with E-state index in [9.17, 15) is 0 Å². The number of aromatic nitrogens is 3. The number of hydrogen-bond acceptors (Lipinski definition) is 2. The van der Waals surface area contributed by atoms with E-state index in [4.69, 9.17) is 9.97 Å². The third-order valence-electron chi connectivity index (χ3n) is 14.9. The van der Waals surface area contributed by atoms with Gasteiger partial charge in [-0.05, 0) is 109 Å². The zero-order chi connectivity index (χ0) is 51.9. The Kier molecular flexibility index (Phi) is 12.1. The molecule has 0 amide bonds. The maximum atomic E-state index is 5.53. The molecule has 0 saturated carbocycles. The first-order valence-corrected chi connectivity index (χ1v) is 26.5. The molecule has 3 heteroatoms. The molecule has 0 unspecified atom stereocenters. The predicted molar refractivity (Wildman–Crippen MR) is 324 cm³/mol. The maximum absolute atomic E-state index is 5.53. The Balaban J connectivity index is 1.10. The first-order chi connectivity index (χ1) is 37.8. The lowest BCUT2D eigenvalue weighted by Gasteiger charge is -2.26. The normalized spacial score (nSPS) is 11.6. The molecule has 0 aliphatic rings. The summed E-state index contributed by atoms with van der Waals surface area (Å²) in [5.41, 5.74) is 23.0. The summed E-state index contributed by atoms with van der Waals surface area (Å²) in [4.78, 5) is 10.9.